The second-order valence-corrected chi connectivity index (χ2v) is 7.37. The highest BCUT2D eigenvalue weighted by Crippen LogP contribution is 2.27. The Morgan fingerprint density at radius 3 is 2.22 bits per heavy atom. The largest absolute Gasteiger partial charge is 0.497 e. The van der Waals surface area contributed by atoms with Crippen molar-refractivity contribution in [3.63, 3.8) is 0 Å². The number of likely N-dealkylation sites (N-methyl/N-ethyl adjacent to an activating group) is 1. The normalized spacial score (nSPS) is 10.9. The molecule has 2 aromatic rings. The fourth-order valence-corrected chi connectivity index (χ4v) is 3.18. The van der Waals surface area contributed by atoms with E-state index in [4.69, 9.17) is 18.9 Å². The van der Waals surface area contributed by atoms with Gasteiger partial charge in [0.15, 0.2) is 11.5 Å². The fourth-order valence-electron chi connectivity index (χ4n) is 3.18. The molecule has 0 fully saturated rings. The summed E-state index contributed by atoms with van der Waals surface area (Å²) in [6.07, 6.45) is 5.05. The maximum atomic E-state index is 12.1. The van der Waals surface area contributed by atoms with Crippen molar-refractivity contribution >= 4 is 12.0 Å². The van der Waals surface area contributed by atoms with Crippen molar-refractivity contribution in [1.82, 2.24) is 10.2 Å². The predicted molar refractivity (Wildman–Crippen MR) is 127 cm³/mol. The van der Waals surface area contributed by atoms with Gasteiger partial charge in [0.25, 0.3) is 0 Å². The van der Waals surface area contributed by atoms with E-state index >= 15 is 0 Å². The summed E-state index contributed by atoms with van der Waals surface area (Å²) in [7, 11) is 8.55. The van der Waals surface area contributed by atoms with Crippen molar-refractivity contribution in [2.45, 2.75) is 12.8 Å². The lowest BCUT2D eigenvalue weighted by atomic mass is 10.1. The van der Waals surface area contributed by atoms with Gasteiger partial charge in [0.05, 0.1) is 28.4 Å². The summed E-state index contributed by atoms with van der Waals surface area (Å²) in [5.41, 5.74) is 2.04. The Labute approximate surface area is 190 Å². The molecular formula is C25H34N2O5. The van der Waals surface area contributed by atoms with Crippen LogP contribution < -0.4 is 24.3 Å². The second-order valence-electron chi connectivity index (χ2n) is 7.37. The Balaban J connectivity index is 1.70. The Bertz CT molecular complexity index is 876. The van der Waals surface area contributed by atoms with E-state index in [1.54, 1.807) is 40.6 Å². The zero-order chi connectivity index (χ0) is 23.3. The molecule has 0 saturated carbocycles. The van der Waals surface area contributed by atoms with Gasteiger partial charge in [0, 0.05) is 25.2 Å². The summed E-state index contributed by atoms with van der Waals surface area (Å²) in [5, 5.41) is 2.92. The van der Waals surface area contributed by atoms with Crippen LogP contribution in [0.5, 0.6) is 23.0 Å². The number of carbonyl (C=O) groups is 1. The molecule has 0 aromatic heterocycles. The van der Waals surface area contributed by atoms with Gasteiger partial charge in [0.1, 0.15) is 11.5 Å². The van der Waals surface area contributed by atoms with Crippen LogP contribution in [0, 0.1) is 0 Å². The quantitative estimate of drug-likeness (QED) is 0.379. The molecule has 2 rings (SSSR count). The highest BCUT2D eigenvalue weighted by molar-refractivity contribution is 5.91. The molecule has 0 aliphatic heterocycles. The van der Waals surface area contributed by atoms with E-state index in [9.17, 15) is 4.79 Å². The summed E-state index contributed by atoms with van der Waals surface area (Å²) in [6, 6.07) is 11.5. The van der Waals surface area contributed by atoms with Crippen molar-refractivity contribution in [2.24, 2.45) is 0 Å². The van der Waals surface area contributed by atoms with Crippen LogP contribution in [0.1, 0.15) is 17.5 Å². The highest BCUT2D eigenvalue weighted by Gasteiger charge is 2.06. The molecule has 1 N–H and O–H groups in total. The van der Waals surface area contributed by atoms with Crippen molar-refractivity contribution < 1.29 is 23.7 Å². The maximum Gasteiger partial charge on any atom is 0.243 e. The van der Waals surface area contributed by atoms with Gasteiger partial charge >= 0.3 is 0 Å². The van der Waals surface area contributed by atoms with Crippen LogP contribution in [-0.2, 0) is 11.2 Å². The zero-order valence-corrected chi connectivity index (χ0v) is 19.6. The van der Waals surface area contributed by atoms with E-state index in [1.807, 2.05) is 24.3 Å². The summed E-state index contributed by atoms with van der Waals surface area (Å²) in [4.78, 5) is 14.3. The summed E-state index contributed by atoms with van der Waals surface area (Å²) >= 11 is 0. The molecule has 32 heavy (non-hydrogen) atoms. The smallest absolute Gasteiger partial charge is 0.243 e. The number of methoxy groups -OCH3 is 4. The average Bonchev–Trinajstić information content (AvgIpc) is 2.83. The minimum absolute atomic E-state index is 0.125. The van der Waals surface area contributed by atoms with Crippen molar-refractivity contribution in [2.75, 3.05) is 55.1 Å². The number of carbonyl (C=O) groups excluding carboxylic acids is 1. The van der Waals surface area contributed by atoms with E-state index in [1.165, 1.54) is 11.6 Å². The van der Waals surface area contributed by atoms with Gasteiger partial charge in [-0.1, -0.05) is 6.07 Å². The number of benzene rings is 2. The fraction of sp³-hybridized carbons (Fsp3) is 0.400. The van der Waals surface area contributed by atoms with Gasteiger partial charge in [0.2, 0.25) is 5.91 Å². The first kappa shape index (κ1) is 25.1. The number of hydrogen-bond acceptors (Lipinski definition) is 6. The maximum absolute atomic E-state index is 12.1. The SMILES string of the molecule is COc1cc(/C=C/C(=O)NCCCN(C)CCc2ccc(OC)c(OC)c2)cc(OC)c1. The number of hydrogen-bond donors (Lipinski definition) is 1. The molecule has 174 valence electrons. The van der Waals surface area contributed by atoms with Gasteiger partial charge in [-0.2, -0.15) is 0 Å². The zero-order valence-electron chi connectivity index (χ0n) is 19.6. The lowest BCUT2D eigenvalue weighted by Crippen LogP contribution is -2.28. The standard InChI is InChI=1S/C25H34N2O5/c1-27(14-11-19-7-9-23(31-4)24(17-19)32-5)13-6-12-26-25(28)10-8-20-15-21(29-2)18-22(16-20)30-3/h7-10,15-18H,6,11-14H2,1-5H3,(H,26,28)/b10-8+. The first-order valence-electron chi connectivity index (χ1n) is 10.6. The third-order valence-electron chi connectivity index (χ3n) is 5.05. The van der Waals surface area contributed by atoms with Gasteiger partial charge < -0.3 is 29.2 Å². The van der Waals surface area contributed by atoms with Crippen LogP contribution in [-0.4, -0.2) is 65.9 Å². The number of rotatable bonds is 13. The molecule has 0 bridgehead atoms. The van der Waals surface area contributed by atoms with E-state index in [0.29, 0.717) is 18.0 Å². The van der Waals surface area contributed by atoms with Gasteiger partial charge in [-0.05, 0) is 67.9 Å². The molecular weight excluding hydrogens is 408 g/mol. The summed E-state index contributed by atoms with van der Waals surface area (Å²) in [6.45, 7) is 2.43. The van der Waals surface area contributed by atoms with E-state index in [-0.39, 0.29) is 5.91 Å². The monoisotopic (exact) mass is 442 g/mol. The first-order chi connectivity index (χ1) is 15.5. The molecule has 0 radical (unpaired) electrons. The van der Waals surface area contributed by atoms with Gasteiger partial charge in [-0.3, -0.25) is 4.79 Å². The number of nitrogens with one attached hydrogen (secondary N) is 1. The van der Waals surface area contributed by atoms with E-state index < -0.39 is 0 Å². The Morgan fingerprint density at radius 2 is 1.59 bits per heavy atom. The molecule has 0 saturated heterocycles. The predicted octanol–water partition coefficient (Wildman–Crippen LogP) is 3.42. The van der Waals surface area contributed by atoms with E-state index in [0.717, 1.165) is 43.0 Å². The third-order valence-corrected chi connectivity index (χ3v) is 5.05. The molecule has 0 atom stereocenters. The first-order valence-corrected chi connectivity index (χ1v) is 10.6. The number of ether oxygens (including phenoxy) is 4. The molecule has 0 spiro atoms. The van der Waals surface area contributed by atoms with Crippen LogP contribution in [0.15, 0.2) is 42.5 Å². The molecule has 7 nitrogen and oxygen atoms in total. The minimum atomic E-state index is -0.125. The topological polar surface area (TPSA) is 69.3 Å². The van der Waals surface area contributed by atoms with Crippen molar-refractivity contribution in [1.29, 1.82) is 0 Å². The van der Waals surface area contributed by atoms with Crippen LogP contribution in [0.2, 0.25) is 0 Å². The lowest BCUT2D eigenvalue weighted by molar-refractivity contribution is -0.116. The average molecular weight is 443 g/mol. The molecule has 0 heterocycles. The summed E-state index contributed by atoms with van der Waals surface area (Å²) < 4.78 is 21.1. The Morgan fingerprint density at radius 1 is 0.906 bits per heavy atom. The van der Waals surface area contributed by atoms with Crippen LogP contribution in [0.3, 0.4) is 0 Å². The van der Waals surface area contributed by atoms with E-state index in [2.05, 4.69) is 23.3 Å². The van der Waals surface area contributed by atoms with Crippen molar-refractivity contribution in [3.05, 3.63) is 53.6 Å². The molecule has 7 heteroatoms. The number of amides is 1. The number of nitrogens with zero attached hydrogens (tertiary/aromatic N) is 1. The molecule has 2 aromatic carbocycles. The molecule has 0 unspecified atom stereocenters. The summed E-state index contributed by atoms with van der Waals surface area (Å²) in [5.74, 6) is 2.72. The molecule has 0 aliphatic rings. The lowest BCUT2D eigenvalue weighted by Gasteiger charge is -2.17. The van der Waals surface area contributed by atoms with Crippen LogP contribution in [0.4, 0.5) is 0 Å². The van der Waals surface area contributed by atoms with Crippen LogP contribution in [0.25, 0.3) is 6.08 Å². The minimum Gasteiger partial charge on any atom is -0.497 e. The Kier molecular flexibility index (Phi) is 10.4. The van der Waals surface area contributed by atoms with Gasteiger partial charge in [-0.25, -0.2) is 0 Å². The Hall–Kier alpha value is -3.19. The van der Waals surface area contributed by atoms with Crippen LogP contribution >= 0.6 is 0 Å². The molecule has 0 aliphatic carbocycles. The molecule has 1 amide bonds. The third kappa shape index (κ3) is 8.15. The van der Waals surface area contributed by atoms with Crippen molar-refractivity contribution in [3.8, 4) is 23.0 Å². The second kappa shape index (κ2) is 13.3. The highest BCUT2D eigenvalue weighted by atomic mass is 16.5. The van der Waals surface area contributed by atoms with Gasteiger partial charge in [-0.15, -0.1) is 0 Å².